The molecule has 2 rings (SSSR count). The van der Waals surface area contributed by atoms with E-state index in [2.05, 4.69) is 15.3 Å². The van der Waals surface area contributed by atoms with Crippen LogP contribution in [0, 0.1) is 0 Å². The smallest absolute Gasteiger partial charge is 0.328 e. The maximum absolute atomic E-state index is 10.9. The van der Waals surface area contributed by atoms with Gasteiger partial charge in [0.25, 0.3) is 6.01 Å². The number of aromatic nitrogens is 2. The number of pyridine rings is 1. The second-order valence-corrected chi connectivity index (χ2v) is 3.90. The van der Waals surface area contributed by atoms with Crippen molar-refractivity contribution >= 4 is 23.2 Å². The molecule has 0 bridgehead atoms. The van der Waals surface area contributed by atoms with Crippen molar-refractivity contribution in [2.75, 3.05) is 5.32 Å². The molecule has 6 nitrogen and oxygen atoms in total. The first-order valence-electron chi connectivity index (χ1n) is 4.72. The minimum atomic E-state index is -1.14. The fourth-order valence-corrected chi connectivity index (χ4v) is 1.14. The SMILES string of the molecule is CC(C)(Nc1nc2ncccc2o1)C(=O)O. The van der Waals surface area contributed by atoms with Gasteiger partial charge < -0.3 is 14.8 Å². The van der Waals surface area contributed by atoms with Gasteiger partial charge in [-0.05, 0) is 26.0 Å². The second kappa shape index (κ2) is 3.48. The van der Waals surface area contributed by atoms with Gasteiger partial charge in [0.05, 0.1) is 0 Å². The molecule has 0 radical (unpaired) electrons. The zero-order chi connectivity index (χ0) is 11.8. The van der Waals surface area contributed by atoms with Gasteiger partial charge in [-0.2, -0.15) is 4.98 Å². The van der Waals surface area contributed by atoms with E-state index in [4.69, 9.17) is 9.52 Å². The van der Waals surface area contributed by atoms with Crippen LogP contribution < -0.4 is 5.32 Å². The quantitative estimate of drug-likeness (QED) is 0.816. The molecule has 0 unspecified atom stereocenters. The Balaban J connectivity index is 2.32. The maximum Gasteiger partial charge on any atom is 0.328 e. The molecular formula is C10H11N3O3. The lowest BCUT2D eigenvalue weighted by atomic mass is 10.1. The zero-order valence-corrected chi connectivity index (χ0v) is 8.89. The topological polar surface area (TPSA) is 88.3 Å². The van der Waals surface area contributed by atoms with Crippen LogP contribution in [0.1, 0.15) is 13.8 Å². The van der Waals surface area contributed by atoms with E-state index in [-0.39, 0.29) is 6.01 Å². The van der Waals surface area contributed by atoms with Gasteiger partial charge >= 0.3 is 5.97 Å². The van der Waals surface area contributed by atoms with Gasteiger partial charge in [-0.1, -0.05) is 0 Å². The Hall–Kier alpha value is -2.11. The summed E-state index contributed by atoms with van der Waals surface area (Å²) in [5.74, 6) is -0.984. The van der Waals surface area contributed by atoms with Gasteiger partial charge in [0, 0.05) is 6.20 Å². The number of fused-ring (bicyclic) bond motifs is 1. The average molecular weight is 221 g/mol. The van der Waals surface area contributed by atoms with Crippen LogP contribution >= 0.6 is 0 Å². The number of carboxylic acids is 1. The van der Waals surface area contributed by atoms with Crippen LogP contribution in [-0.4, -0.2) is 26.6 Å². The molecule has 0 amide bonds. The molecule has 0 aliphatic carbocycles. The van der Waals surface area contributed by atoms with Crippen molar-refractivity contribution in [1.82, 2.24) is 9.97 Å². The summed E-state index contributed by atoms with van der Waals surface area (Å²) in [6.45, 7) is 3.05. The number of carboxylic acid groups (broad SMARTS) is 1. The van der Waals surface area contributed by atoms with Crippen LogP contribution in [0.3, 0.4) is 0 Å². The van der Waals surface area contributed by atoms with Crippen molar-refractivity contribution in [3.63, 3.8) is 0 Å². The number of nitrogens with zero attached hydrogens (tertiary/aromatic N) is 2. The van der Waals surface area contributed by atoms with E-state index in [1.165, 1.54) is 13.8 Å². The number of aliphatic carboxylic acids is 1. The van der Waals surface area contributed by atoms with E-state index >= 15 is 0 Å². The lowest BCUT2D eigenvalue weighted by Gasteiger charge is -2.18. The second-order valence-electron chi connectivity index (χ2n) is 3.90. The van der Waals surface area contributed by atoms with E-state index in [1.807, 2.05) is 0 Å². The molecule has 0 saturated heterocycles. The van der Waals surface area contributed by atoms with Crippen molar-refractivity contribution in [3.8, 4) is 0 Å². The van der Waals surface area contributed by atoms with Crippen LogP contribution in [0.2, 0.25) is 0 Å². The molecule has 2 aromatic heterocycles. The van der Waals surface area contributed by atoms with Crippen LogP contribution in [-0.2, 0) is 4.79 Å². The minimum Gasteiger partial charge on any atom is -0.480 e. The summed E-state index contributed by atoms with van der Waals surface area (Å²) in [6.07, 6.45) is 1.59. The number of hydrogen-bond donors (Lipinski definition) is 2. The summed E-state index contributed by atoms with van der Waals surface area (Å²) in [6, 6.07) is 3.59. The Morgan fingerprint density at radius 2 is 2.31 bits per heavy atom. The minimum absolute atomic E-state index is 0.154. The molecule has 6 heteroatoms. The van der Waals surface area contributed by atoms with Crippen molar-refractivity contribution in [1.29, 1.82) is 0 Å². The van der Waals surface area contributed by atoms with E-state index < -0.39 is 11.5 Å². The molecule has 2 aromatic rings. The average Bonchev–Trinajstić information content (AvgIpc) is 2.58. The molecular weight excluding hydrogens is 210 g/mol. The zero-order valence-electron chi connectivity index (χ0n) is 8.89. The summed E-state index contributed by atoms with van der Waals surface area (Å²) in [4.78, 5) is 18.9. The van der Waals surface area contributed by atoms with Crippen molar-refractivity contribution in [3.05, 3.63) is 18.3 Å². The monoisotopic (exact) mass is 221 g/mol. The molecule has 0 saturated carbocycles. The fourth-order valence-electron chi connectivity index (χ4n) is 1.14. The highest BCUT2D eigenvalue weighted by molar-refractivity contribution is 5.81. The van der Waals surface area contributed by atoms with Gasteiger partial charge in [-0.3, -0.25) is 0 Å². The Kier molecular flexibility index (Phi) is 2.26. The van der Waals surface area contributed by atoms with E-state index in [9.17, 15) is 4.79 Å². The molecule has 0 aliphatic rings. The third-order valence-corrected chi connectivity index (χ3v) is 2.12. The molecule has 0 aliphatic heterocycles. The number of anilines is 1. The van der Waals surface area contributed by atoms with Gasteiger partial charge in [0.2, 0.25) is 5.65 Å². The highest BCUT2D eigenvalue weighted by Gasteiger charge is 2.28. The van der Waals surface area contributed by atoms with Crippen molar-refractivity contribution in [2.45, 2.75) is 19.4 Å². The molecule has 0 atom stereocenters. The molecule has 2 N–H and O–H groups in total. The number of oxazole rings is 1. The highest BCUT2D eigenvalue weighted by atomic mass is 16.4. The lowest BCUT2D eigenvalue weighted by Crippen LogP contribution is -2.40. The summed E-state index contributed by atoms with van der Waals surface area (Å²) in [5, 5.41) is 11.6. The summed E-state index contributed by atoms with van der Waals surface area (Å²) >= 11 is 0. The molecule has 0 fully saturated rings. The number of hydrogen-bond acceptors (Lipinski definition) is 5. The van der Waals surface area contributed by atoms with Gasteiger partial charge in [0.1, 0.15) is 5.54 Å². The van der Waals surface area contributed by atoms with Crippen LogP contribution in [0.15, 0.2) is 22.7 Å². The Labute approximate surface area is 91.3 Å². The summed E-state index contributed by atoms with van der Waals surface area (Å²) < 4.78 is 5.31. The van der Waals surface area contributed by atoms with Crippen LogP contribution in [0.25, 0.3) is 11.2 Å². The van der Waals surface area contributed by atoms with Gasteiger partial charge in [-0.15, -0.1) is 0 Å². The summed E-state index contributed by atoms with van der Waals surface area (Å²) in [7, 11) is 0. The van der Waals surface area contributed by atoms with Crippen molar-refractivity contribution < 1.29 is 14.3 Å². The maximum atomic E-state index is 10.9. The lowest BCUT2D eigenvalue weighted by molar-refractivity contribution is -0.141. The van der Waals surface area contributed by atoms with Crippen LogP contribution in [0.5, 0.6) is 0 Å². The van der Waals surface area contributed by atoms with Gasteiger partial charge in [0.15, 0.2) is 5.58 Å². The normalized spacial score (nSPS) is 11.6. The molecule has 0 aromatic carbocycles. The van der Waals surface area contributed by atoms with Crippen LogP contribution in [0.4, 0.5) is 6.01 Å². The standard InChI is InChI=1S/C10H11N3O3/c1-10(2,8(14)15)13-9-12-7-6(16-9)4-3-5-11-7/h3-5H,1-2H3,(H,14,15)(H,11,12,13). The van der Waals surface area contributed by atoms with E-state index in [0.29, 0.717) is 11.2 Å². The third kappa shape index (κ3) is 1.81. The number of nitrogens with one attached hydrogen (secondary N) is 1. The first-order valence-corrected chi connectivity index (χ1v) is 4.72. The first-order chi connectivity index (χ1) is 7.49. The van der Waals surface area contributed by atoms with E-state index in [0.717, 1.165) is 0 Å². The summed E-state index contributed by atoms with van der Waals surface area (Å²) in [5.41, 5.74) is -0.168. The Morgan fingerprint density at radius 1 is 1.56 bits per heavy atom. The number of carbonyl (C=O) groups is 1. The predicted octanol–water partition coefficient (Wildman–Crippen LogP) is 1.50. The Bertz CT molecular complexity index is 500. The fraction of sp³-hybridized carbons (Fsp3) is 0.300. The highest BCUT2D eigenvalue weighted by Crippen LogP contribution is 2.19. The molecule has 0 spiro atoms. The van der Waals surface area contributed by atoms with Gasteiger partial charge in [-0.25, -0.2) is 9.78 Å². The first kappa shape index (κ1) is 10.4. The number of rotatable bonds is 3. The molecule has 16 heavy (non-hydrogen) atoms. The third-order valence-electron chi connectivity index (χ3n) is 2.12. The molecule has 2 heterocycles. The van der Waals surface area contributed by atoms with Crippen molar-refractivity contribution in [2.24, 2.45) is 0 Å². The van der Waals surface area contributed by atoms with E-state index in [1.54, 1.807) is 18.3 Å². The largest absolute Gasteiger partial charge is 0.480 e. The molecule has 84 valence electrons. The predicted molar refractivity (Wildman–Crippen MR) is 57.1 cm³/mol. The Morgan fingerprint density at radius 3 is 2.94 bits per heavy atom.